The van der Waals surface area contributed by atoms with Gasteiger partial charge in [0.1, 0.15) is 0 Å². The molecule has 0 aliphatic heterocycles. The van der Waals surface area contributed by atoms with Crippen LogP contribution in [0.3, 0.4) is 0 Å². The molecule has 2 N–H and O–H groups in total. The summed E-state index contributed by atoms with van der Waals surface area (Å²) in [6.07, 6.45) is 3.38. The Labute approximate surface area is 100 Å². The number of hydrogen-bond acceptors (Lipinski definition) is 1. The number of rotatable bonds is 5. The number of benzene rings is 1. The summed E-state index contributed by atoms with van der Waals surface area (Å²) in [6.45, 7) is 8.79. The number of aryl methyl sites for hydroxylation is 2. The van der Waals surface area contributed by atoms with Gasteiger partial charge in [0, 0.05) is 6.04 Å². The van der Waals surface area contributed by atoms with Gasteiger partial charge in [0.25, 0.3) is 0 Å². The average molecular weight is 219 g/mol. The molecule has 0 aliphatic rings. The summed E-state index contributed by atoms with van der Waals surface area (Å²) in [4.78, 5) is 0. The highest BCUT2D eigenvalue weighted by Crippen LogP contribution is 2.18. The van der Waals surface area contributed by atoms with Crippen LogP contribution in [0.4, 0.5) is 0 Å². The van der Waals surface area contributed by atoms with Gasteiger partial charge in [0.05, 0.1) is 0 Å². The zero-order chi connectivity index (χ0) is 12.1. The number of hydrogen-bond donors (Lipinski definition) is 1. The highest BCUT2D eigenvalue weighted by molar-refractivity contribution is 5.31. The van der Waals surface area contributed by atoms with Crippen molar-refractivity contribution in [2.45, 2.75) is 53.0 Å². The Morgan fingerprint density at radius 3 is 2.31 bits per heavy atom. The molecule has 0 amide bonds. The summed E-state index contributed by atoms with van der Waals surface area (Å²) in [5.41, 5.74) is 10.4. The van der Waals surface area contributed by atoms with Crippen molar-refractivity contribution < 1.29 is 0 Å². The second-order valence-electron chi connectivity index (χ2n) is 4.87. The Kier molecular flexibility index (Phi) is 5.01. The van der Waals surface area contributed by atoms with Crippen LogP contribution >= 0.6 is 0 Å². The van der Waals surface area contributed by atoms with E-state index >= 15 is 0 Å². The molecule has 0 fully saturated rings. The van der Waals surface area contributed by atoms with Crippen LogP contribution in [0.25, 0.3) is 0 Å². The van der Waals surface area contributed by atoms with E-state index in [-0.39, 0.29) is 0 Å². The fourth-order valence-electron chi connectivity index (χ4n) is 2.33. The van der Waals surface area contributed by atoms with Crippen molar-refractivity contribution in [2.24, 2.45) is 11.7 Å². The normalized spacial score (nSPS) is 13.1. The summed E-state index contributed by atoms with van der Waals surface area (Å²) in [7, 11) is 0. The molecule has 90 valence electrons. The predicted molar refractivity (Wildman–Crippen MR) is 71.7 cm³/mol. The monoisotopic (exact) mass is 219 g/mol. The van der Waals surface area contributed by atoms with E-state index in [0.29, 0.717) is 12.0 Å². The van der Waals surface area contributed by atoms with E-state index in [0.717, 1.165) is 6.42 Å². The van der Waals surface area contributed by atoms with E-state index in [1.165, 1.54) is 29.5 Å². The van der Waals surface area contributed by atoms with Gasteiger partial charge < -0.3 is 5.73 Å². The molecule has 0 bridgehead atoms. The Morgan fingerprint density at radius 1 is 1.12 bits per heavy atom. The van der Waals surface area contributed by atoms with Crippen molar-refractivity contribution in [3.05, 3.63) is 34.9 Å². The molecule has 0 heterocycles. The molecule has 0 aliphatic carbocycles. The summed E-state index contributed by atoms with van der Waals surface area (Å²) < 4.78 is 0. The first-order valence-corrected chi connectivity index (χ1v) is 6.40. The van der Waals surface area contributed by atoms with Crippen molar-refractivity contribution in [1.29, 1.82) is 0 Å². The predicted octanol–water partition coefficient (Wildman–Crippen LogP) is 3.61. The van der Waals surface area contributed by atoms with Gasteiger partial charge in [-0.15, -0.1) is 0 Å². The first kappa shape index (κ1) is 13.2. The first-order chi connectivity index (χ1) is 7.58. The molecule has 0 spiro atoms. The quantitative estimate of drug-likeness (QED) is 0.804. The summed E-state index contributed by atoms with van der Waals surface area (Å²) in [5.74, 6) is 0.653. The van der Waals surface area contributed by atoms with Gasteiger partial charge in [-0.25, -0.2) is 0 Å². The maximum absolute atomic E-state index is 6.29. The van der Waals surface area contributed by atoms with Gasteiger partial charge in [-0.2, -0.15) is 0 Å². The van der Waals surface area contributed by atoms with Crippen molar-refractivity contribution in [2.75, 3.05) is 0 Å². The minimum atomic E-state index is 0.301. The lowest BCUT2D eigenvalue weighted by molar-refractivity contribution is 0.393. The van der Waals surface area contributed by atoms with Crippen LogP contribution in [0.2, 0.25) is 0 Å². The second-order valence-corrected chi connectivity index (χ2v) is 4.87. The van der Waals surface area contributed by atoms with Crippen LogP contribution < -0.4 is 5.73 Å². The van der Waals surface area contributed by atoms with Crippen LogP contribution in [0, 0.1) is 19.8 Å². The average Bonchev–Trinajstić information content (AvgIpc) is 2.25. The third-order valence-electron chi connectivity index (χ3n) is 3.61. The molecule has 1 unspecified atom stereocenters. The topological polar surface area (TPSA) is 26.0 Å². The third-order valence-corrected chi connectivity index (χ3v) is 3.61. The molecule has 1 aromatic carbocycles. The molecule has 1 atom stereocenters. The Bertz CT molecular complexity index is 326. The minimum Gasteiger partial charge on any atom is -0.327 e. The molecule has 1 rings (SSSR count). The zero-order valence-electron chi connectivity index (χ0n) is 11.1. The van der Waals surface area contributed by atoms with Crippen LogP contribution in [0.1, 0.15) is 43.4 Å². The zero-order valence-corrected chi connectivity index (χ0v) is 11.1. The van der Waals surface area contributed by atoms with Gasteiger partial charge in [0.15, 0.2) is 0 Å². The maximum atomic E-state index is 6.29. The fraction of sp³-hybridized carbons (Fsp3) is 0.600. The van der Waals surface area contributed by atoms with E-state index in [9.17, 15) is 0 Å². The molecule has 1 heteroatoms. The maximum Gasteiger partial charge on any atom is 0.0108 e. The molecule has 0 radical (unpaired) electrons. The molecule has 0 aromatic heterocycles. The molecule has 1 nitrogen and oxygen atoms in total. The second kappa shape index (κ2) is 6.05. The molecular weight excluding hydrogens is 194 g/mol. The van der Waals surface area contributed by atoms with E-state index in [2.05, 4.69) is 45.9 Å². The van der Waals surface area contributed by atoms with Gasteiger partial charge in [-0.1, -0.05) is 50.5 Å². The third kappa shape index (κ3) is 3.34. The Hall–Kier alpha value is -0.820. The van der Waals surface area contributed by atoms with Crippen molar-refractivity contribution in [3.8, 4) is 0 Å². The highest BCUT2D eigenvalue weighted by Gasteiger charge is 2.15. The van der Waals surface area contributed by atoms with Crippen LogP contribution in [0.15, 0.2) is 18.2 Å². The van der Waals surface area contributed by atoms with E-state index < -0.39 is 0 Å². The minimum absolute atomic E-state index is 0.301. The molecule has 0 saturated heterocycles. The van der Waals surface area contributed by atoms with Gasteiger partial charge in [0.2, 0.25) is 0 Å². The van der Waals surface area contributed by atoms with Gasteiger partial charge in [-0.05, 0) is 37.3 Å². The molecule has 0 saturated carbocycles. The highest BCUT2D eigenvalue weighted by atomic mass is 14.6. The lowest BCUT2D eigenvalue weighted by Crippen LogP contribution is -2.31. The lowest BCUT2D eigenvalue weighted by Gasteiger charge is -2.22. The summed E-state index contributed by atoms with van der Waals surface area (Å²) >= 11 is 0. The molecular formula is C15H25N. The smallest absolute Gasteiger partial charge is 0.0108 e. The summed E-state index contributed by atoms with van der Waals surface area (Å²) in [5, 5.41) is 0. The Balaban J connectivity index is 2.75. The SMILES string of the molecule is CCC(CC)C(N)Cc1cc(C)ccc1C. The van der Waals surface area contributed by atoms with Crippen molar-refractivity contribution in [3.63, 3.8) is 0 Å². The molecule has 16 heavy (non-hydrogen) atoms. The Morgan fingerprint density at radius 2 is 1.75 bits per heavy atom. The van der Waals surface area contributed by atoms with Crippen LogP contribution in [-0.4, -0.2) is 6.04 Å². The lowest BCUT2D eigenvalue weighted by atomic mass is 9.88. The first-order valence-electron chi connectivity index (χ1n) is 6.40. The standard InChI is InChI=1S/C15H25N/c1-5-13(6-2)15(16)10-14-9-11(3)7-8-12(14)4/h7-9,13,15H,5-6,10,16H2,1-4H3. The van der Waals surface area contributed by atoms with Crippen molar-refractivity contribution in [1.82, 2.24) is 0 Å². The van der Waals surface area contributed by atoms with Crippen LogP contribution in [0.5, 0.6) is 0 Å². The largest absolute Gasteiger partial charge is 0.327 e. The van der Waals surface area contributed by atoms with Gasteiger partial charge >= 0.3 is 0 Å². The fourth-order valence-corrected chi connectivity index (χ4v) is 2.33. The molecule has 1 aromatic rings. The van der Waals surface area contributed by atoms with E-state index in [1.807, 2.05) is 0 Å². The van der Waals surface area contributed by atoms with Gasteiger partial charge in [-0.3, -0.25) is 0 Å². The van der Waals surface area contributed by atoms with E-state index in [1.54, 1.807) is 0 Å². The van der Waals surface area contributed by atoms with E-state index in [4.69, 9.17) is 5.73 Å². The van der Waals surface area contributed by atoms with Crippen LogP contribution in [-0.2, 0) is 6.42 Å². The number of nitrogens with two attached hydrogens (primary N) is 1. The van der Waals surface area contributed by atoms with Crippen molar-refractivity contribution >= 4 is 0 Å². The summed E-state index contributed by atoms with van der Waals surface area (Å²) in [6, 6.07) is 6.94.